The maximum Gasteiger partial charge on any atom is 0.391 e. The van der Waals surface area contributed by atoms with Crippen LogP contribution < -0.4 is 5.32 Å². The summed E-state index contributed by atoms with van der Waals surface area (Å²) in [6, 6.07) is -0.309. The van der Waals surface area contributed by atoms with Gasteiger partial charge in [0, 0.05) is 30.1 Å². The lowest BCUT2D eigenvalue weighted by molar-refractivity contribution is -0.190. The van der Waals surface area contributed by atoms with Crippen LogP contribution in [0.15, 0.2) is 9.98 Å². The molecule has 3 aliphatic rings. The maximum absolute atomic E-state index is 13.6. The molecule has 11 heteroatoms. The first-order chi connectivity index (χ1) is 19.8. The number of nitrogens with zero attached hydrogens (tertiary/aromatic N) is 2. The lowest BCUT2D eigenvalue weighted by Gasteiger charge is -2.40. The molecule has 0 aromatic carbocycles. The van der Waals surface area contributed by atoms with Gasteiger partial charge in [0.15, 0.2) is 8.32 Å². The number of piperidine rings is 1. The van der Waals surface area contributed by atoms with Crippen LogP contribution in [0, 0.1) is 35.5 Å². The van der Waals surface area contributed by atoms with Crippen molar-refractivity contribution < 1.29 is 30.8 Å². The molecule has 0 amide bonds. The number of halogens is 6. The summed E-state index contributed by atoms with van der Waals surface area (Å²) in [5, 5.41) is 3.76. The average molecular weight is 640 g/mol. The minimum absolute atomic E-state index is 0.00210. The first kappa shape index (κ1) is 36.5. The van der Waals surface area contributed by atoms with Gasteiger partial charge in [-0.15, -0.1) is 0 Å². The summed E-state index contributed by atoms with van der Waals surface area (Å²) in [5.74, 6) is -3.17. The highest BCUT2D eigenvalue weighted by molar-refractivity contribution is 6.69. The van der Waals surface area contributed by atoms with Crippen LogP contribution in [0.3, 0.4) is 0 Å². The first-order valence-electron chi connectivity index (χ1n) is 16.4. The molecule has 0 radical (unpaired) electrons. The van der Waals surface area contributed by atoms with Crippen molar-refractivity contribution in [1.82, 2.24) is 5.32 Å². The van der Waals surface area contributed by atoms with Gasteiger partial charge in [0.05, 0.1) is 23.9 Å². The molecule has 2 saturated carbocycles. The van der Waals surface area contributed by atoms with Crippen LogP contribution in [0.1, 0.15) is 92.4 Å². The van der Waals surface area contributed by atoms with Crippen LogP contribution in [0.25, 0.3) is 0 Å². The second-order valence-corrected chi connectivity index (χ2v) is 19.5. The van der Waals surface area contributed by atoms with Gasteiger partial charge in [0.2, 0.25) is 0 Å². The molecule has 6 unspecified atom stereocenters. The summed E-state index contributed by atoms with van der Waals surface area (Å²) >= 11 is 0. The van der Waals surface area contributed by atoms with Gasteiger partial charge in [-0.25, -0.2) is 0 Å². The molecule has 3 fully saturated rings. The number of alkyl halides is 6. The molecule has 0 spiro atoms. The fraction of sp³-hybridized carbons (Fsp3) is 0.938. The molecule has 1 heterocycles. The standard InChI is InChI=1S/C32H55F6N3OSi/c1-19-15-24(31(33,34)35)16-20(2)29(19)39-23(5)26-11-9-12-27(40-26)28(13-10-14-42-43(6,7)8)41-30-21(3)17-25(18-22(30)4)32(36,37)38/h19-22,24-27,29-30,40H,9-18H2,1-8H3. The second kappa shape index (κ2) is 14.7. The number of aliphatic imine (C=N–C) groups is 2. The molecule has 250 valence electrons. The lowest BCUT2D eigenvalue weighted by Crippen LogP contribution is -2.51. The molecule has 43 heavy (non-hydrogen) atoms. The van der Waals surface area contributed by atoms with Gasteiger partial charge in [-0.2, -0.15) is 26.3 Å². The molecule has 1 aliphatic heterocycles. The van der Waals surface area contributed by atoms with E-state index >= 15 is 0 Å². The SMILES string of the molecule is CC(=NC1C(C)CC(C(F)(F)F)CC1C)C1CCCC(C(CCCO[Si](C)(C)C)=NC2C(C)CC(C(F)(F)F)CC2C)N1. The molecule has 3 rings (SSSR count). The molecule has 0 bridgehead atoms. The van der Waals surface area contributed by atoms with E-state index < -0.39 is 32.5 Å². The van der Waals surface area contributed by atoms with Crippen LogP contribution in [-0.2, 0) is 4.43 Å². The van der Waals surface area contributed by atoms with E-state index in [1.807, 2.05) is 34.6 Å². The molecule has 0 aromatic rings. The number of hydrogen-bond acceptors (Lipinski definition) is 4. The Labute approximate surface area is 256 Å². The Morgan fingerprint density at radius 1 is 0.744 bits per heavy atom. The van der Waals surface area contributed by atoms with Crippen LogP contribution in [0.2, 0.25) is 19.6 Å². The second-order valence-electron chi connectivity index (χ2n) is 15.0. The third kappa shape index (κ3) is 10.5. The van der Waals surface area contributed by atoms with Gasteiger partial charge in [-0.1, -0.05) is 27.7 Å². The van der Waals surface area contributed by atoms with Crippen LogP contribution in [0.5, 0.6) is 0 Å². The quantitative estimate of drug-likeness (QED) is 0.118. The van der Waals surface area contributed by atoms with Gasteiger partial charge >= 0.3 is 12.4 Å². The Bertz CT molecular complexity index is 938. The minimum atomic E-state index is -4.18. The zero-order valence-electron chi connectivity index (χ0n) is 27.4. The van der Waals surface area contributed by atoms with E-state index in [9.17, 15) is 26.3 Å². The average Bonchev–Trinajstić information content (AvgIpc) is 2.87. The van der Waals surface area contributed by atoms with Crippen molar-refractivity contribution >= 4 is 19.7 Å². The predicted molar refractivity (Wildman–Crippen MR) is 165 cm³/mol. The molecule has 2 aliphatic carbocycles. The molecule has 1 N–H and O–H groups in total. The van der Waals surface area contributed by atoms with Gasteiger partial charge in [-0.3, -0.25) is 9.98 Å². The third-order valence-corrected chi connectivity index (χ3v) is 11.0. The van der Waals surface area contributed by atoms with E-state index in [0.717, 1.165) is 43.5 Å². The Balaban J connectivity index is 1.77. The van der Waals surface area contributed by atoms with Crippen molar-refractivity contribution in [3.63, 3.8) is 0 Å². The monoisotopic (exact) mass is 639 g/mol. The van der Waals surface area contributed by atoms with Crippen molar-refractivity contribution in [2.45, 2.75) is 149 Å². The van der Waals surface area contributed by atoms with Crippen LogP contribution >= 0.6 is 0 Å². The third-order valence-electron chi connectivity index (χ3n) is 9.96. The normalized spacial score (nSPS) is 37.4. The summed E-state index contributed by atoms with van der Waals surface area (Å²) in [5.41, 5.74) is 1.94. The van der Waals surface area contributed by atoms with Gasteiger partial charge < -0.3 is 9.74 Å². The largest absolute Gasteiger partial charge is 0.418 e. The topological polar surface area (TPSA) is 46.0 Å². The Morgan fingerprint density at radius 3 is 1.63 bits per heavy atom. The summed E-state index contributed by atoms with van der Waals surface area (Å²) in [6.45, 7) is 16.6. The van der Waals surface area contributed by atoms with Crippen molar-refractivity contribution in [1.29, 1.82) is 0 Å². The van der Waals surface area contributed by atoms with E-state index in [-0.39, 0.29) is 73.5 Å². The van der Waals surface area contributed by atoms with E-state index in [4.69, 9.17) is 14.4 Å². The van der Waals surface area contributed by atoms with Crippen LogP contribution in [-0.4, -0.2) is 62.9 Å². The van der Waals surface area contributed by atoms with Gasteiger partial charge in [0.1, 0.15) is 0 Å². The van der Waals surface area contributed by atoms with E-state index in [0.29, 0.717) is 6.61 Å². The minimum Gasteiger partial charge on any atom is -0.418 e. The van der Waals surface area contributed by atoms with Crippen LogP contribution in [0.4, 0.5) is 26.3 Å². The van der Waals surface area contributed by atoms with Crippen molar-refractivity contribution in [2.75, 3.05) is 6.61 Å². The summed E-state index contributed by atoms with van der Waals surface area (Å²) in [6.07, 6.45) is -3.65. The van der Waals surface area contributed by atoms with E-state index in [1.165, 1.54) is 0 Å². The lowest BCUT2D eigenvalue weighted by atomic mass is 9.72. The molecule has 0 aromatic heterocycles. The summed E-state index contributed by atoms with van der Waals surface area (Å²) < 4.78 is 87.1. The van der Waals surface area contributed by atoms with Gasteiger partial charge in [-0.05, 0) is 108 Å². The summed E-state index contributed by atoms with van der Waals surface area (Å²) in [7, 11) is -1.67. The Kier molecular flexibility index (Phi) is 12.4. The molecule has 1 saturated heterocycles. The summed E-state index contributed by atoms with van der Waals surface area (Å²) in [4.78, 5) is 10.3. The number of rotatable bonds is 9. The maximum atomic E-state index is 13.6. The molecular weight excluding hydrogens is 584 g/mol. The zero-order chi connectivity index (χ0) is 32.3. The molecular formula is C32H55F6N3OSi. The smallest absolute Gasteiger partial charge is 0.391 e. The fourth-order valence-corrected chi connectivity index (χ4v) is 8.47. The van der Waals surface area contributed by atoms with E-state index in [1.54, 1.807) is 0 Å². The highest BCUT2D eigenvalue weighted by atomic mass is 28.4. The number of hydrogen-bond donors (Lipinski definition) is 1. The van der Waals surface area contributed by atoms with Gasteiger partial charge in [0.25, 0.3) is 0 Å². The van der Waals surface area contributed by atoms with Crippen molar-refractivity contribution in [3.05, 3.63) is 0 Å². The van der Waals surface area contributed by atoms with E-state index in [2.05, 4.69) is 25.0 Å². The fourth-order valence-electron chi connectivity index (χ4n) is 7.72. The predicted octanol–water partition coefficient (Wildman–Crippen LogP) is 9.26. The molecule has 6 atom stereocenters. The Hall–Kier alpha value is -0.943. The highest BCUT2D eigenvalue weighted by Gasteiger charge is 2.47. The molecule has 4 nitrogen and oxygen atoms in total. The highest BCUT2D eigenvalue weighted by Crippen LogP contribution is 2.45. The Morgan fingerprint density at radius 2 is 1.19 bits per heavy atom. The van der Waals surface area contributed by atoms with Crippen molar-refractivity contribution in [2.24, 2.45) is 45.5 Å². The van der Waals surface area contributed by atoms with Crippen molar-refractivity contribution in [3.8, 4) is 0 Å². The first-order valence-corrected chi connectivity index (χ1v) is 19.8. The zero-order valence-corrected chi connectivity index (χ0v) is 28.4. The number of nitrogens with one attached hydrogen (secondary N) is 1.